The Morgan fingerprint density at radius 2 is 0.645 bits per heavy atom. The minimum absolute atomic E-state index is 0. The van der Waals surface area contributed by atoms with Crippen molar-refractivity contribution in [3.8, 4) is 17.2 Å². The van der Waals surface area contributed by atoms with E-state index in [2.05, 4.69) is 106 Å². The molecule has 0 atom stereocenters. The standard InChI is InChI=1S/C30H34N2O4S.C28H31NO5S.C28H29NO4S.ClH/c1-24-3-5-25(6-4-24)9-13-28-14-10-27(23-30(28)36-2)8-7-26-11-15-29(16-12-26)37(34,35)32-19-17-31(18-20-32)21-22-33;1-22-3-5-23(6-4-22)9-13-26-14-10-25(21-28(26)34-2)8-7-24-11-15-27(16-12-24)35(32,33)29(17-19-30)18-20-31;1-22-3-5-23(6-4-22)9-13-26-14-10-25(21-28(26)32-2)8-7-24-11-15-27(16-12-24)34(30,31)29-17-19-33-20-18-29;/h3-16,23,33H,17-22H2,1-2H3;3-16,21,30-31H,17-20H2,1-2H3;3-16,21H,17-20H2,1-2H3;1H/b3*8-7+,13-9+;. The number of sulfonamides is 3. The minimum Gasteiger partial charge on any atom is -1.00 e. The molecule has 0 aliphatic carbocycles. The summed E-state index contributed by atoms with van der Waals surface area (Å²) in [4.78, 5) is 1.96. The van der Waals surface area contributed by atoms with Crippen LogP contribution in [-0.4, -0.2) is 167 Å². The zero-order valence-electron chi connectivity index (χ0n) is 61.2. The van der Waals surface area contributed by atoms with Crippen LogP contribution in [-0.2, 0) is 34.8 Å². The summed E-state index contributed by atoms with van der Waals surface area (Å²) >= 11 is 0. The van der Waals surface area contributed by atoms with E-state index in [0.717, 1.165) is 88.3 Å². The van der Waals surface area contributed by atoms with Gasteiger partial charge in [0.1, 0.15) is 23.8 Å². The van der Waals surface area contributed by atoms with E-state index in [0.29, 0.717) is 68.8 Å². The maximum Gasteiger partial charge on any atom is 0.243 e. The van der Waals surface area contributed by atoms with E-state index >= 15 is 0 Å². The third-order valence-corrected chi connectivity index (χ3v) is 23.6. The summed E-state index contributed by atoms with van der Waals surface area (Å²) < 4.78 is 103. The second-order valence-electron chi connectivity index (χ2n) is 25.4. The quantitative estimate of drug-likeness (QED) is 0.0353. The second-order valence-corrected chi connectivity index (χ2v) is 31.3. The zero-order chi connectivity index (χ0) is 75.5. The van der Waals surface area contributed by atoms with Crippen LogP contribution < -0.4 is 31.5 Å². The molecule has 2 heterocycles. The average molecular weight is 1520 g/mol. The van der Waals surface area contributed by atoms with Crippen LogP contribution in [0.2, 0.25) is 0 Å². The number of nitrogens with zero attached hydrogens (tertiary/aromatic N) is 3. The van der Waals surface area contributed by atoms with Crippen molar-refractivity contribution in [2.75, 3.05) is 113 Å². The van der Waals surface area contributed by atoms with Crippen LogP contribution in [0.5, 0.6) is 17.2 Å². The molecule has 2 saturated heterocycles. The number of hydrogen-bond acceptors (Lipinski definition) is 13. The van der Waals surface area contributed by atoms with Gasteiger partial charge < -0.3 is 51.6 Å². The maximum absolute atomic E-state index is 13.0. The minimum atomic E-state index is -3.78. The number of quaternary nitrogens is 1. The van der Waals surface area contributed by atoms with Crippen LogP contribution in [0.25, 0.3) is 72.9 Å². The van der Waals surface area contributed by atoms with E-state index in [1.807, 2.05) is 140 Å². The van der Waals surface area contributed by atoms with Gasteiger partial charge in [-0.05, 0) is 125 Å². The Bertz CT molecular complexity index is 4860. The summed E-state index contributed by atoms with van der Waals surface area (Å²) in [5.74, 6) is 2.33. The first-order valence-electron chi connectivity index (χ1n) is 35.1. The molecule has 0 unspecified atom stereocenters. The zero-order valence-corrected chi connectivity index (χ0v) is 64.5. The highest BCUT2D eigenvalue weighted by molar-refractivity contribution is 7.89. The lowest BCUT2D eigenvalue weighted by Gasteiger charge is -2.31. The van der Waals surface area contributed by atoms with Gasteiger partial charge in [-0.2, -0.15) is 12.9 Å². The SMILES string of the molecule is COc1cc(/C=C/c2ccc(S(=O)(=O)N(CCO)CCO)cc2)ccc1/C=C/c1ccc(C)cc1.COc1cc(/C=C/c2ccc(S(=O)(=O)N3CCOCC3)cc2)ccc1/C=C/c1ccc(C)cc1.COc1cc(/C=C/c2ccc(S(=O)(=O)N3CC[NH+](CCO)CC3)cc2)ccc1/C=C/c1ccc(C)cc1.[Cl-]. The van der Waals surface area contributed by atoms with Gasteiger partial charge >= 0.3 is 0 Å². The first-order valence-corrected chi connectivity index (χ1v) is 39.4. The largest absolute Gasteiger partial charge is 1.00 e. The summed E-state index contributed by atoms with van der Waals surface area (Å²) in [6.45, 7) is 10.2. The maximum atomic E-state index is 13.0. The number of aliphatic hydroxyl groups is 3. The molecule has 107 heavy (non-hydrogen) atoms. The van der Waals surface area contributed by atoms with Crippen molar-refractivity contribution in [1.29, 1.82) is 0 Å². The van der Waals surface area contributed by atoms with Gasteiger partial charge in [0, 0.05) is 42.9 Å². The van der Waals surface area contributed by atoms with Crippen molar-refractivity contribution in [2.24, 2.45) is 0 Å². The predicted octanol–water partition coefficient (Wildman–Crippen LogP) is 9.91. The number of benzene rings is 9. The van der Waals surface area contributed by atoms with Crippen LogP contribution in [0, 0.1) is 20.8 Å². The Morgan fingerprint density at radius 1 is 0.374 bits per heavy atom. The molecule has 11 rings (SSSR count). The van der Waals surface area contributed by atoms with Gasteiger partial charge in [-0.1, -0.05) is 235 Å². The van der Waals surface area contributed by atoms with Crippen molar-refractivity contribution in [1.82, 2.24) is 12.9 Å². The Morgan fingerprint density at radius 3 is 0.944 bits per heavy atom. The molecule has 0 spiro atoms. The molecule has 9 aromatic rings. The number of aryl methyl sites for hydroxylation is 3. The van der Waals surface area contributed by atoms with E-state index in [9.17, 15) is 25.3 Å². The molecule has 4 N–H and O–H groups in total. The molecule has 2 aliphatic rings. The predicted molar refractivity (Wildman–Crippen MR) is 429 cm³/mol. The van der Waals surface area contributed by atoms with Crippen molar-refractivity contribution >= 4 is 103 Å². The van der Waals surface area contributed by atoms with Gasteiger partial charge in [-0.3, -0.25) is 0 Å². The fourth-order valence-electron chi connectivity index (χ4n) is 11.6. The molecular weight excluding hydrogens is 1430 g/mol. The third kappa shape index (κ3) is 24.3. The molecule has 2 fully saturated rings. The molecule has 0 radical (unpaired) electrons. The highest BCUT2D eigenvalue weighted by atomic mass is 35.5. The fourth-order valence-corrected chi connectivity index (χ4v) is 15.9. The molecule has 17 nitrogen and oxygen atoms in total. The topological polar surface area (TPSA) is 214 Å². The fraction of sp³-hybridized carbons (Fsp3) is 0.233. The smallest absolute Gasteiger partial charge is 0.243 e. The average Bonchev–Trinajstić information content (AvgIpc) is 0.812. The van der Waals surface area contributed by atoms with Crippen molar-refractivity contribution in [3.63, 3.8) is 0 Å². The van der Waals surface area contributed by atoms with Crippen molar-refractivity contribution in [3.05, 3.63) is 284 Å². The van der Waals surface area contributed by atoms with Gasteiger partial charge in [0.2, 0.25) is 30.1 Å². The van der Waals surface area contributed by atoms with E-state index in [1.54, 1.807) is 62.0 Å². The van der Waals surface area contributed by atoms with E-state index in [4.69, 9.17) is 34.3 Å². The molecule has 0 amide bonds. The number of halogens is 1. The number of methoxy groups -OCH3 is 3. The molecule has 21 heteroatoms. The van der Waals surface area contributed by atoms with Crippen LogP contribution >= 0.6 is 0 Å². The van der Waals surface area contributed by atoms with Crippen molar-refractivity contribution in [2.45, 2.75) is 35.5 Å². The summed E-state index contributed by atoms with van der Waals surface area (Å²) in [5.41, 5.74) is 15.6. The molecule has 2 aliphatic heterocycles. The Kier molecular flexibility index (Phi) is 32.0. The summed E-state index contributed by atoms with van der Waals surface area (Å²) in [6.07, 6.45) is 24.0. The first-order chi connectivity index (χ1) is 51.2. The van der Waals surface area contributed by atoms with Crippen LogP contribution in [0.4, 0.5) is 0 Å². The summed E-state index contributed by atoms with van der Waals surface area (Å²) in [7, 11) is -5.81. The number of morpholine rings is 1. The highest BCUT2D eigenvalue weighted by Gasteiger charge is 2.31. The lowest BCUT2D eigenvalue weighted by Crippen LogP contribution is -3.15. The second kappa shape index (κ2) is 41.1. The Labute approximate surface area is 638 Å². The lowest BCUT2D eigenvalue weighted by molar-refractivity contribution is -0.904. The van der Waals surface area contributed by atoms with Gasteiger partial charge in [0.25, 0.3) is 0 Å². The van der Waals surface area contributed by atoms with Crippen LogP contribution in [0.1, 0.15) is 83.5 Å². The van der Waals surface area contributed by atoms with E-state index in [1.165, 1.54) is 38.0 Å². The van der Waals surface area contributed by atoms with E-state index in [-0.39, 0.29) is 50.2 Å². The van der Waals surface area contributed by atoms with Crippen LogP contribution in [0.3, 0.4) is 0 Å². The first kappa shape index (κ1) is 83.3. The van der Waals surface area contributed by atoms with Gasteiger partial charge in [-0.15, -0.1) is 0 Å². The van der Waals surface area contributed by atoms with Gasteiger partial charge in [-0.25, -0.2) is 25.3 Å². The number of aliphatic hydroxyl groups excluding tert-OH is 3. The summed E-state index contributed by atoms with van der Waals surface area (Å²) in [6, 6.07) is 63.5. The Hall–Kier alpha value is -9.36. The number of piperazine rings is 1. The van der Waals surface area contributed by atoms with Gasteiger partial charge in [0.15, 0.2) is 0 Å². The number of ether oxygens (including phenoxy) is 4. The number of nitrogens with one attached hydrogen (secondary N) is 1. The number of rotatable bonds is 27. The lowest BCUT2D eigenvalue weighted by atomic mass is 10.1. The Balaban J connectivity index is 0.000000202. The number of hydrogen-bond donors (Lipinski definition) is 4. The highest BCUT2D eigenvalue weighted by Crippen LogP contribution is 2.29. The monoisotopic (exact) mass is 1520 g/mol. The third-order valence-electron chi connectivity index (χ3n) is 17.9. The molecule has 0 saturated carbocycles. The van der Waals surface area contributed by atoms with Crippen LogP contribution in [0.15, 0.2) is 215 Å². The normalized spacial score (nSPS) is 14.2. The van der Waals surface area contributed by atoms with Crippen molar-refractivity contribution < 1.29 is 76.8 Å². The molecule has 9 aromatic carbocycles. The summed E-state index contributed by atoms with van der Waals surface area (Å²) in [5, 5.41) is 27.4. The molecule has 0 bridgehead atoms. The van der Waals surface area contributed by atoms with E-state index < -0.39 is 30.1 Å². The molecular formula is C86H95ClN4O13S3. The molecule has 0 aromatic heterocycles. The van der Waals surface area contributed by atoms with Gasteiger partial charge in [0.05, 0.1) is 95.2 Å². The molecule has 562 valence electrons.